The molecule has 4 rings (SSSR count). The number of hydrogen-bond acceptors (Lipinski definition) is 7. The topological polar surface area (TPSA) is 134 Å². The standard InChI is InChI=1S/C29H51N5O5/c1-19(2)34-18-22-14-26(34)29(39)31-10-7-21-17-33(23-5-3-4-6-23)12-9-20(21)13-27(37)30-11-8-24(35)15-25(36)16-28(38)32-22/h19-26,35-36H,3-18H2,1-2H3,(H,30,37)(H,31,39)(H,32,38)/t20-,21-,22-,24+,25+,26+/m0/s1. The first-order chi connectivity index (χ1) is 18.7. The maximum absolute atomic E-state index is 13.3. The summed E-state index contributed by atoms with van der Waals surface area (Å²) in [7, 11) is 0. The van der Waals surface area contributed by atoms with Crippen molar-refractivity contribution in [3.05, 3.63) is 0 Å². The number of piperidine rings is 1. The van der Waals surface area contributed by atoms with Crippen molar-refractivity contribution in [1.82, 2.24) is 25.8 Å². The van der Waals surface area contributed by atoms with Gasteiger partial charge in [0.25, 0.3) is 0 Å². The number of rotatable bonds is 2. The van der Waals surface area contributed by atoms with E-state index in [1.54, 1.807) is 0 Å². The number of hydrogen-bond donors (Lipinski definition) is 5. The molecular formula is C29H51N5O5. The maximum Gasteiger partial charge on any atom is 0.237 e. The first-order valence-corrected chi connectivity index (χ1v) is 15.4. The van der Waals surface area contributed by atoms with Crippen LogP contribution in [0.2, 0.25) is 0 Å². The second kappa shape index (κ2) is 14.2. The molecule has 10 heteroatoms. The van der Waals surface area contributed by atoms with Gasteiger partial charge in [0.15, 0.2) is 0 Å². The van der Waals surface area contributed by atoms with Crippen molar-refractivity contribution in [3.8, 4) is 0 Å². The molecular weight excluding hydrogens is 498 g/mol. The number of nitrogens with zero attached hydrogens (tertiary/aromatic N) is 2. The lowest BCUT2D eigenvalue weighted by Crippen LogP contribution is -2.48. The highest BCUT2D eigenvalue weighted by atomic mass is 16.3. The van der Waals surface area contributed by atoms with Crippen molar-refractivity contribution in [1.29, 1.82) is 0 Å². The van der Waals surface area contributed by atoms with Crippen molar-refractivity contribution in [3.63, 3.8) is 0 Å². The Morgan fingerprint density at radius 1 is 0.795 bits per heavy atom. The molecule has 0 radical (unpaired) electrons. The Bertz CT molecular complexity index is 835. The zero-order chi connectivity index (χ0) is 27.9. The van der Waals surface area contributed by atoms with Gasteiger partial charge in [-0.25, -0.2) is 0 Å². The van der Waals surface area contributed by atoms with E-state index in [1.165, 1.54) is 25.7 Å². The number of fused-ring (bicyclic) bond motifs is 3. The van der Waals surface area contributed by atoms with Gasteiger partial charge in [-0.15, -0.1) is 0 Å². The fourth-order valence-electron chi connectivity index (χ4n) is 7.30. The summed E-state index contributed by atoms with van der Waals surface area (Å²) in [4.78, 5) is 43.5. The number of aliphatic hydroxyl groups is 2. The van der Waals surface area contributed by atoms with Gasteiger partial charge in [-0.3, -0.25) is 19.3 Å². The second-order valence-corrected chi connectivity index (χ2v) is 12.7. The minimum absolute atomic E-state index is 0.00392. The Labute approximate surface area is 233 Å². The first-order valence-electron chi connectivity index (χ1n) is 15.4. The molecule has 222 valence electrons. The van der Waals surface area contributed by atoms with Gasteiger partial charge in [0.05, 0.1) is 24.7 Å². The van der Waals surface area contributed by atoms with E-state index in [9.17, 15) is 24.6 Å². The smallest absolute Gasteiger partial charge is 0.237 e. The molecule has 4 aliphatic rings. The number of carbonyl (C=O) groups excluding carboxylic acids is 3. The van der Waals surface area contributed by atoms with Crippen LogP contribution in [0.5, 0.6) is 0 Å². The molecule has 10 nitrogen and oxygen atoms in total. The SMILES string of the molecule is CC(C)N1C[C@@H]2C[C@@H]1C(=O)NCC[C@H]1CN(C3CCCC3)CC[C@H]1CC(=O)NCC[C@@H](O)C[C@@H](O)CC(=O)N2. The molecule has 0 aromatic heterocycles. The zero-order valence-corrected chi connectivity index (χ0v) is 23.9. The van der Waals surface area contributed by atoms with E-state index in [0.717, 1.165) is 25.9 Å². The summed E-state index contributed by atoms with van der Waals surface area (Å²) in [6, 6.07) is 0.343. The number of amides is 3. The average Bonchev–Trinajstić information content (AvgIpc) is 3.55. The van der Waals surface area contributed by atoms with Crippen LogP contribution in [0, 0.1) is 11.8 Å². The van der Waals surface area contributed by atoms with E-state index in [0.29, 0.717) is 50.9 Å². The summed E-state index contributed by atoms with van der Waals surface area (Å²) in [5, 5.41) is 29.9. The molecule has 1 saturated carbocycles. The van der Waals surface area contributed by atoms with Crippen molar-refractivity contribution < 1.29 is 24.6 Å². The van der Waals surface area contributed by atoms with Gasteiger partial charge in [0.2, 0.25) is 17.7 Å². The minimum Gasteiger partial charge on any atom is -0.393 e. The normalized spacial score (nSPS) is 35.8. The van der Waals surface area contributed by atoms with Crippen LogP contribution in [-0.4, -0.2) is 107 Å². The minimum atomic E-state index is -0.964. The van der Waals surface area contributed by atoms with Crippen LogP contribution in [0.4, 0.5) is 0 Å². The predicted octanol–water partition coefficient (Wildman–Crippen LogP) is 0.753. The molecule has 0 aromatic rings. The molecule has 3 aliphatic heterocycles. The lowest BCUT2D eigenvalue weighted by Gasteiger charge is -2.41. The third-order valence-electron chi connectivity index (χ3n) is 9.46. The van der Waals surface area contributed by atoms with Crippen LogP contribution in [-0.2, 0) is 14.4 Å². The van der Waals surface area contributed by atoms with Gasteiger partial charge in [0.1, 0.15) is 0 Å². The fraction of sp³-hybridized carbons (Fsp3) is 0.897. The third kappa shape index (κ3) is 8.62. The Hall–Kier alpha value is -1.75. The molecule has 0 unspecified atom stereocenters. The first kappa shape index (κ1) is 30.2. The van der Waals surface area contributed by atoms with Crippen LogP contribution in [0.15, 0.2) is 0 Å². The number of carbonyl (C=O) groups is 3. The molecule has 3 amide bonds. The second-order valence-electron chi connectivity index (χ2n) is 12.7. The lowest BCUT2D eigenvalue weighted by atomic mass is 9.80. The van der Waals surface area contributed by atoms with E-state index in [2.05, 4.69) is 39.6 Å². The molecule has 1 aliphatic carbocycles. The summed E-state index contributed by atoms with van der Waals surface area (Å²) in [6.45, 7) is 7.64. The molecule has 0 spiro atoms. The van der Waals surface area contributed by atoms with Crippen LogP contribution in [0.3, 0.4) is 0 Å². The lowest BCUT2D eigenvalue weighted by molar-refractivity contribution is -0.127. The molecule has 4 fully saturated rings. The Balaban J connectivity index is 1.44. The van der Waals surface area contributed by atoms with Crippen molar-refractivity contribution in [2.24, 2.45) is 11.8 Å². The summed E-state index contributed by atoms with van der Waals surface area (Å²) in [6.07, 6.45) is 6.51. The van der Waals surface area contributed by atoms with Gasteiger partial charge < -0.3 is 31.1 Å². The van der Waals surface area contributed by atoms with Crippen molar-refractivity contribution >= 4 is 17.7 Å². The Morgan fingerprint density at radius 2 is 1.54 bits per heavy atom. The molecule has 3 heterocycles. The largest absolute Gasteiger partial charge is 0.393 e. The van der Waals surface area contributed by atoms with E-state index < -0.39 is 12.2 Å². The summed E-state index contributed by atoms with van der Waals surface area (Å²) in [5.74, 6) is 0.330. The van der Waals surface area contributed by atoms with Gasteiger partial charge in [-0.05, 0) is 77.2 Å². The number of likely N-dealkylation sites (tertiary alicyclic amines) is 2. The fourth-order valence-corrected chi connectivity index (χ4v) is 7.30. The predicted molar refractivity (Wildman–Crippen MR) is 149 cm³/mol. The molecule has 3 saturated heterocycles. The van der Waals surface area contributed by atoms with Gasteiger partial charge >= 0.3 is 0 Å². The van der Waals surface area contributed by atoms with Crippen LogP contribution in [0.25, 0.3) is 0 Å². The third-order valence-corrected chi connectivity index (χ3v) is 9.46. The Morgan fingerprint density at radius 3 is 2.28 bits per heavy atom. The monoisotopic (exact) mass is 549 g/mol. The Kier molecular flexibility index (Phi) is 11.0. The van der Waals surface area contributed by atoms with Crippen LogP contribution < -0.4 is 16.0 Å². The van der Waals surface area contributed by atoms with Crippen LogP contribution in [0.1, 0.15) is 84.5 Å². The molecule has 0 aromatic carbocycles. The summed E-state index contributed by atoms with van der Waals surface area (Å²) in [5.41, 5.74) is 0. The molecule has 39 heavy (non-hydrogen) atoms. The van der Waals surface area contributed by atoms with E-state index in [-0.39, 0.29) is 54.6 Å². The number of aliphatic hydroxyl groups excluding tert-OH is 2. The van der Waals surface area contributed by atoms with E-state index in [4.69, 9.17) is 0 Å². The molecule has 5 N–H and O–H groups in total. The van der Waals surface area contributed by atoms with Gasteiger partial charge in [-0.1, -0.05) is 12.8 Å². The highest BCUT2D eigenvalue weighted by molar-refractivity contribution is 5.83. The van der Waals surface area contributed by atoms with Crippen LogP contribution >= 0.6 is 0 Å². The van der Waals surface area contributed by atoms with E-state index >= 15 is 0 Å². The van der Waals surface area contributed by atoms with Gasteiger partial charge in [0, 0.05) is 50.7 Å². The van der Waals surface area contributed by atoms with E-state index in [1.807, 2.05) is 0 Å². The quantitative estimate of drug-likeness (QED) is 0.343. The van der Waals surface area contributed by atoms with Crippen molar-refractivity contribution in [2.75, 3.05) is 32.7 Å². The highest BCUT2D eigenvalue weighted by Gasteiger charge is 2.39. The zero-order valence-electron chi connectivity index (χ0n) is 23.9. The average molecular weight is 550 g/mol. The van der Waals surface area contributed by atoms with Gasteiger partial charge in [-0.2, -0.15) is 0 Å². The van der Waals surface area contributed by atoms with Crippen molar-refractivity contribution in [2.45, 2.75) is 121 Å². The molecule has 6 atom stereocenters. The summed E-state index contributed by atoms with van der Waals surface area (Å²) >= 11 is 0. The molecule has 2 bridgehead atoms. The summed E-state index contributed by atoms with van der Waals surface area (Å²) < 4.78 is 0. The maximum atomic E-state index is 13.3. The number of nitrogens with one attached hydrogen (secondary N) is 3. The highest BCUT2D eigenvalue weighted by Crippen LogP contribution is 2.34.